The topological polar surface area (TPSA) is 61.3 Å². The van der Waals surface area contributed by atoms with E-state index >= 15 is 0 Å². The lowest BCUT2D eigenvalue weighted by Crippen LogP contribution is -1.99. The molecular weight excluding hydrogens is 272 g/mol. The predicted octanol–water partition coefficient (Wildman–Crippen LogP) is 4.10. The summed E-state index contributed by atoms with van der Waals surface area (Å²) in [5, 5.41) is 0. The third-order valence-electron chi connectivity index (χ3n) is 3.47. The highest BCUT2D eigenvalue weighted by Crippen LogP contribution is 2.30. The van der Waals surface area contributed by atoms with Gasteiger partial charge in [0.25, 0.3) is 0 Å². The van der Waals surface area contributed by atoms with Crippen molar-refractivity contribution in [3.63, 3.8) is 0 Å². The van der Waals surface area contributed by atoms with Crippen molar-refractivity contribution in [2.75, 3.05) is 11.5 Å². The molecule has 22 heavy (non-hydrogen) atoms. The minimum Gasteiger partial charge on any atom is -0.487 e. The standard InChI is InChI=1S/C19H18N2O/c20-17-8-4-7-15(11-17)16-9-10-18(21)19(12-16)22-13-14-5-2-1-3-6-14/h1-12H,13,20-21H2. The van der Waals surface area contributed by atoms with Crippen LogP contribution >= 0.6 is 0 Å². The third-order valence-corrected chi connectivity index (χ3v) is 3.47. The maximum atomic E-state index is 6.01. The zero-order valence-electron chi connectivity index (χ0n) is 12.2. The van der Waals surface area contributed by atoms with E-state index in [-0.39, 0.29) is 0 Å². The number of nitrogen functional groups attached to an aromatic ring is 2. The van der Waals surface area contributed by atoms with E-state index in [0.29, 0.717) is 18.0 Å². The fourth-order valence-corrected chi connectivity index (χ4v) is 2.29. The molecule has 3 aromatic carbocycles. The Labute approximate surface area is 130 Å². The van der Waals surface area contributed by atoms with Gasteiger partial charge in [-0.05, 0) is 41.0 Å². The van der Waals surface area contributed by atoms with Gasteiger partial charge < -0.3 is 16.2 Å². The van der Waals surface area contributed by atoms with E-state index < -0.39 is 0 Å². The molecule has 0 fully saturated rings. The minimum atomic E-state index is 0.491. The molecule has 0 aliphatic carbocycles. The van der Waals surface area contributed by atoms with Gasteiger partial charge in [0.1, 0.15) is 12.4 Å². The maximum Gasteiger partial charge on any atom is 0.143 e. The first kappa shape index (κ1) is 14.0. The summed E-state index contributed by atoms with van der Waals surface area (Å²) in [6, 6.07) is 23.6. The van der Waals surface area contributed by atoms with E-state index in [0.717, 1.165) is 22.4 Å². The van der Waals surface area contributed by atoms with Crippen molar-refractivity contribution in [2.24, 2.45) is 0 Å². The molecule has 110 valence electrons. The lowest BCUT2D eigenvalue weighted by Gasteiger charge is -2.11. The van der Waals surface area contributed by atoms with Gasteiger partial charge in [0.05, 0.1) is 5.69 Å². The summed E-state index contributed by atoms with van der Waals surface area (Å²) in [4.78, 5) is 0. The van der Waals surface area contributed by atoms with Crippen LogP contribution in [0.5, 0.6) is 5.75 Å². The first-order valence-corrected chi connectivity index (χ1v) is 7.14. The summed E-state index contributed by atoms with van der Waals surface area (Å²) in [5.41, 5.74) is 16.4. The average molecular weight is 290 g/mol. The first-order chi connectivity index (χ1) is 10.7. The van der Waals surface area contributed by atoms with E-state index in [2.05, 4.69) is 0 Å². The predicted molar refractivity (Wildman–Crippen MR) is 91.5 cm³/mol. The zero-order valence-corrected chi connectivity index (χ0v) is 12.2. The van der Waals surface area contributed by atoms with Gasteiger partial charge in [-0.1, -0.05) is 48.5 Å². The second-order valence-corrected chi connectivity index (χ2v) is 5.15. The zero-order chi connectivity index (χ0) is 15.4. The number of benzene rings is 3. The van der Waals surface area contributed by atoms with E-state index in [4.69, 9.17) is 16.2 Å². The van der Waals surface area contributed by atoms with Crippen LogP contribution in [0.2, 0.25) is 0 Å². The fourth-order valence-electron chi connectivity index (χ4n) is 2.29. The molecular formula is C19H18N2O. The molecule has 0 aliphatic heterocycles. The molecule has 0 heterocycles. The molecule has 0 saturated heterocycles. The number of hydrogen-bond donors (Lipinski definition) is 2. The number of ether oxygens (including phenoxy) is 1. The Morgan fingerprint density at radius 1 is 0.727 bits per heavy atom. The van der Waals surface area contributed by atoms with Crippen LogP contribution in [0.4, 0.5) is 11.4 Å². The number of hydrogen-bond acceptors (Lipinski definition) is 3. The largest absolute Gasteiger partial charge is 0.487 e. The highest BCUT2D eigenvalue weighted by Gasteiger charge is 2.05. The van der Waals surface area contributed by atoms with Gasteiger partial charge in [-0.15, -0.1) is 0 Å². The van der Waals surface area contributed by atoms with Gasteiger partial charge in [0.15, 0.2) is 0 Å². The van der Waals surface area contributed by atoms with E-state index in [9.17, 15) is 0 Å². The average Bonchev–Trinajstić information content (AvgIpc) is 2.55. The van der Waals surface area contributed by atoms with Crippen molar-refractivity contribution in [1.29, 1.82) is 0 Å². The number of anilines is 2. The molecule has 3 rings (SSSR count). The van der Waals surface area contributed by atoms with Crippen LogP contribution in [0.15, 0.2) is 72.8 Å². The second-order valence-electron chi connectivity index (χ2n) is 5.15. The van der Waals surface area contributed by atoms with Crippen LogP contribution < -0.4 is 16.2 Å². The normalized spacial score (nSPS) is 10.4. The molecule has 0 saturated carbocycles. The molecule has 3 nitrogen and oxygen atoms in total. The van der Waals surface area contributed by atoms with Crippen molar-refractivity contribution in [1.82, 2.24) is 0 Å². The molecule has 4 N–H and O–H groups in total. The lowest BCUT2D eigenvalue weighted by molar-refractivity contribution is 0.308. The Balaban J connectivity index is 1.84. The van der Waals surface area contributed by atoms with Crippen LogP contribution in [-0.4, -0.2) is 0 Å². The maximum absolute atomic E-state index is 6.01. The SMILES string of the molecule is Nc1cccc(-c2ccc(N)c(OCc3ccccc3)c2)c1. The van der Waals surface area contributed by atoms with Crippen LogP contribution in [0.25, 0.3) is 11.1 Å². The number of rotatable bonds is 4. The van der Waals surface area contributed by atoms with Crippen molar-refractivity contribution in [2.45, 2.75) is 6.61 Å². The highest BCUT2D eigenvalue weighted by atomic mass is 16.5. The summed E-state index contributed by atoms with van der Waals surface area (Å²) in [7, 11) is 0. The van der Waals surface area contributed by atoms with E-state index in [1.165, 1.54) is 0 Å². The highest BCUT2D eigenvalue weighted by molar-refractivity contribution is 5.72. The molecule has 0 aromatic heterocycles. The van der Waals surface area contributed by atoms with Crippen LogP contribution in [0.1, 0.15) is 5.56 Å². The first-order valence-electron chi connectivity index (χ1n) is 7.14. The second kappa shape index (κ2) is 6.22. The summed E-state index contributed by atoms with van der Waals surface area (Å²) >= 11 is 0. The Bertz CT molecular complexity index is 769. The molecule has 3 heteroatoms. The molecule has 0 radical (unpaired) electrons. The minimum absolute atomic E-state index is 0.491. The lowest BCUT2D eigenvalue weighted by atomic mass is 10.0. The Morgan fingerprint density at radius 3 is 2.27 bits per heavy atom. The van der Waals surface area contributed by atoms with Crippen molar-refractivity contribution < 1.29 is 4.74 Å². The summed E-state index contributed by atoms with van der Waals surface area (Å²) in [5.74, 6) is 0.684. The molecule has 0 aliphatic rings. The molecule has 3 aromatic rings. The fraction of sp³-hybridized carbons (Fsp3) is 0.0526. The van der Waals surface area contributed by atoms with Gasteiger partial charge in [0.2, 0.25) is 0 Å². The molecule has 0 bridgehead atoms. The van der Waals surface area contributed by atoms with Gasteiger partial charge in [0, 0.05) is 5.69 Å². The van der Waals surface area contributed by atoms with Crippen LogP contribution in [0.3, 0.4) is 0 Å². The molecule has 0 spiro atoms. The Hall–Kier alpha value is -2.94. The van der Waals surface area contributed by atoms with Crippen molar-refractivity contribution in [3.8, 4) is 16.9 Å². The Kier molecular flexibility index (Phi) is 3.97. The van der Waals surface area contributed by atoms with E-state index in [1.807, 2.05) is 72.8 Å². The Morgan fingerprint density at radius 2 is 1.50 bits per heavy atom. The molecule has 0 amide bonds. The number of nitrogens with two attached hydrogens (primary N) is 2. The monoisotopic (exact) mass is 290 g/mol. The van der Waals surface area contributed by atoms with Crippen LogP contribution in [0, 0.1) is 0 Å². The van der Waals surface area contributed by atoms with Crippen molar-refractivity contribution >= 4 is 11.4 Å². The van der Waals surface area contributed by atoms with Gasteiger partial charge >= 0.3 is 0 Å². The van der Waals surface area contributed by atoms with Crippen LogP contribution in [-0.2, 0) is 6.61 Å². The molecule has 0 unspecified atom stereocenters. The van der Waals surface area contributed by atoms with E-state index in [1.54, 1.807) is 0 Å². The van der Waals surface area contributed by atoms with Gasteiger partial charge in [-0.2, -0.15) is 0 Å². The quantitative estimate of drug-likeness (QED) is 0.711. The van der Waals surface area contributed by atoms with Gasteiger partial charge in [-0.25, -0.2) is 0 Å². The van der Waals surface area contributed by atoms with Crippen molar-refractivity contribution in [3.05, 3.63) is 78.4 Å². The molecule has 0 atom stereocenters. The summed E-state index contributed by atoms with van der Waals surface area (Å²) in [6.45, 7) is 0.491. The smallest absolute Gasteiger partial charge is 0.143 e. The third kappa shape index (κ3) is 3.20. The summed E-state index contributed by atoms with van der Waals surface area (Å²) < 4.78 is 5.86. The summed E-state index contributed by atoms with van der Waals surface area (Å²) in [6.07, 6.45) is 0. The van der Waals surface area contributed by atoms with Gasteiger partial charge in [-0.3, -0.25) is 0 Å².